The molecule has 2 aliphatic carbocycles. The third-order valence-electron chi connectivity index (χ3n) is 12.5. The molecule has 252 valence electrons. The second-order valence-corrected chi connectivity index (χ2v) is 16.1. The first-order chi connectivity index (χ1) is 25.8. The number of hydrogen-bond acceptors (Lipinski definition) is 1. The maximum atomic E-state index is 2.55. The highest BCUT2D eigenvalue weighted by atomic mass is 15.1. The highest BCUT2D eigenvalue weighted by molar-refractivity contribution is 6.15. The first-order valence-corrected chi connectivity index (χ1v) is 18.9. The van der Waals surface area contributed by atoms with Crippen molar-refractivity contribution in [2.45, 2.75) is 38.5 Å². The second-order valence-electron chi connectivity index (χ2n) is 16.1. The van der Waals surface area contributed by atoms with Gasteiger partial charge in [-0.2, -0.15) is 0 Å². The molecular formula is C52H39N. The fourth-order valence-corrected chi connectivity index (χ4v) is 10.2. The van der Waals surface area contributed by atoms with E-state index in [1.165, 1.54) is 99.0 Å². The Morgan fingerprint density at radius 3 is 1.19 bits per heavy atom. The van der Waals surface area contributed by atoms with Crippen LogP contribution in [0.3, 0.4) is 0 Å². The summed E-state index contributed by atoms with van der Waals surface area (Å²) in [5.74, 6) is 0. The van der Waals surface area contributed by atoms with E-state index in [1.807, 2.05) is 0 Å². The number of fused-ring (bicyclic) bond motifs is 14. The molecule has 9 aromatic carbocycles. The monoisotopic (exact) mass is 677 g/mol. The van der Waals surface area contributed by atoms with E-state index in [4.69, 9.17) is 0 Å². The lowest BCUT2D eigenvalue weighted by Crippen LogP contribution is -2.17. The standard InChI is InChI=1S/C52H39N/c1-51(2)43-28-26-32-16-8-10-20-35(32)47(43)41-30-45(37-22-12-14-24-39(37)49(41)51)53(34-18-6-5-7-19-34)46-31-42-48-36-21-11-9-17-33(36)27-29-44(48)52(3,4)50(42)40-25-15-13-23-38(40)46/h5-31H,1-4H3. The lowest BCUT2D eigenvalue weighted by atomic mass is 9.79. The predicted octanol–water partition coefficient (Wildman–Crippen LogP) is 14.4. The fraction of sp³-hybridized carbons (Fsp3) is 0.115. The molecule has 0 heterocycles. The zero-order chi connectivity index (χ0) is 35.6. The molecule has 2 aliphatic rings. The summed E-state index contributed by atoms with van der Waals surface area (Å²) in [6.45, 7) is 9.63. The summed E-state index contributed by atoms with van der Waals surface area (Å²) in [5, 5.41) is 10.3. The normalized spacial score (nSPS) is 14.7. The Bertz CT molecular complexity index is 2810. The van der Waals surface area contributed by atoms with Crippen molar-refractivity contribution in [1.29, 1.82) is 0 Å². The molecular weight excluding hydrogens is 639 g/mol. The van der Waals surface area contributed by atoms with Crippen molar-refractivity contribution in [2.24, 2.45) is 0 Å². The van der Waals surface area contributed by atoms with Gasteiger partial charge in [0.25, 0.3) is 0 Å². The zero-order valence-corrected chi connectivity index (χ0v) is 30.5. The molecule has 0 fully saturated rings. The summed E-state index contributed by atoms with van der Waals surface area (Å²) in [7, 11) is 0. The van der Waals surface area contributed by atoms with Crippen molar-refractivity contribution in [3.05, 3.63) is 186 Å². The van der Waals surface area contributed by atoms with Crippen molar-refractivity contribution in [1.82, 2.24) is 0 Å². The first kappa shape index (κ1) is 30.4. The maximum absolute atomic E-state index is 2.55. The van der Waals surface area contributed by atoms with Crippen LogP contribution < -0.4 is 4.90 Å². The highest BCUT2D eigenvalue weighted by Gasteiger charge is 2.41. The molecule has 0 spiro atoms. The number of anilines is 3. The van der Waals surface area contributed by atoms with Crippen LogP contribution in [0.1, 0.15) is 49.9 Å². The number of hydrogen-bond donors (Lipinski definition) is 0. The molecule has 1 nitrogen and oxygen atoms in total. The van der Waals surface area contributed by atoms with Gasteiger partial charge in [0.05, 0.1) is 11.4 Å². The molecule has 9 aromatic rings. The predicted molar refractivity (Wildman–Crippen MR) is 226 cm³/mol. The molecule has 0 saturated heterocycles. The minimum absolute atomic E-state index is 0.152. The Balaban J connectivity index is 1.29. The van der Waals surface area contributed by atoms with Crippen molar-refractivity contribution in [2.75, 3.05) is 4.90 Å². The van der Waals surface area contributed by atoms with Gasteiger partial charge in [0.2, 0.25) is 0 Å². The third kappa shape index (κ3) is 4.03. The van der Waals surface area contributed by atoms with Crippen LogP contribution in [0, 0.1) is 0 Å². The van der Waals surface area contributed by atoms with Gasteiger partial charge in [0, 0.05) is 27.3 Å². The van der Waals surface area contributed by atoms with E-state index in [2.05, 4.69) is 196 Å². The Morgan fingerprint density at radius 2 is 0.736 bits per heavy atom. The van der Waals surface area contributed by atoms with Crippen molar-refractivity contribution < 1.29 is 0 Å². The van der Waals surface area contributed by atoms with Crippen LogP contribution in [0.15, 0.2) is 164 Å². The van der Waals surface area contributed by atoms with E-state index in [1.54, 1.807) is 0 Å². The molecule has 0 amide bonds. The van der Waals surface area contributed by atoms with Gasteiger partial charge in [-0.3, -0.25) is 0 Å². The summed E-state index contributed by atoms with van der Waals surface area (Å²) in [6, 6.07) is 61.4. The van der Waals surface area contributed by atoms with Gasteiger partial charge in [-0.25, -0.2) is 0 Å². The summed E-state index contributed by atoms with van der Waals surface area (Å²) >= 11 is 0. The average Bonchev–Trinajstić information content (AvgIpc) is 3.58. The Kier molecular flexibility index (Phi) is 6.14. The van der Waals surface area contributed by atoms with Gasteiger partial charge in [0.1, 0.15) is 0 Å². The quantitative estimate of drug-likeness (QED) is 0.180. The van der Waals surface area contributed by atoms with E-state index in [0.29, 0.717) is 0 Å². The average molecular weight is 678 g/mol. The van der Waals surface area contributed by atoms with Crippen molar-refractivity contribution in [3.63, 3.8) is 0 Å². The molecule has 0 unspecified atom stereocenters. The molecule has 0 aliphatic heterocycles. The van der Waals surface area contributed by atoms with Crippen LogP contribution in [0.25, 0.3) is 65.3 Å². The maximum Gasteiger partial charge on any atom is 0.0546 e. The van der Waals surface area contributed by atoms with Crippen molar-refractivity contribution >= 4 is 60.2 Å². The molecule has 11 rings (SSSR count). The van der Waals surface area contributed by atoms with Crippen LogP contribution in [0.2, 0.25) is 0 Å². The van der Waals surface area contributed by atoms with E-state index >= 15 is 0 Å². The SMILES string of the molecule is CC1(C)c2ccc3ccccc3c2-c2cc(N(c3ccccc3)c3cc4c(c5ccccc35)C(C)(C)c3ccc5ccccc5c3-4)c3ccccc3c21. The lowest BCUT2D eigenvalue weighted by Gasteiger charge is -2.31. The Labute approximate surface area is 310 Å². The van der Waals surface area contributed by atoms with Crippen LogP contribution in [-0.4, -0.2) is 0 Å². The minimum Gasteiger partial charge on any atom is -0.309 e. The van der Waals surface area contributed by atoms with E-state index < -0.39 is 0 Å². The van der Waals surface area contributed by atoms with Gasteiger partial charge in [0.15, 0.2) is 0 Å². The summed E-state index contributed by atoms with van der Waals surface area (Å²) in [4.78, 5) is 2.55. The van der Waals surface area contributed by atoms with Crippen LogP contribution in [0.5, 0.6) is 0 Å². The van der Waals surface area contributed by atoms with Crippen LogP contribution >= 0.6 is 0 Å². The molecule has 0 atom stereocenters. The van der Waals surface area contributed by atoms with Gasteiger partial charge in [-0.15, -0.1) is 0 Å². The smallest absolute Gasteiger partial charge is 0.0546 e. The van der Waals surface area contributed by atoms with Gasteiger partial charge in [-0.05, 0) is 101 Å². The minimum atomic E-state index is -0.152. The zero-order valence-electron chi connectivity index (χ0n) is 30.5. The van der Waals surface area contributed by atoms with E-state index in [9.17, 15) is 0 Å². The Morgan fingerprint density at radius 1 is 0.358 bits per heavy atom. The van der Waals surface area contributed by atoms with Crippen LogP contribution in [0.4, 0.5) is 17.1 Å². The summed E-state index contributed by atoms with van der Waals surface area (Å²) in [6.07, 6.45) is 0. The topological polar surface area (TPSA) is 3.24 Å². The molecule has 0 bridgehead atoms. The van der Waals surface area contributed by atoms with E-state index in [0.717, 1.165) is 5.69 Å². The number of benzene rings is 9. The molecule has 53 heavy (non-hydrogen) atoms. The molecule has 0 N–H and O–H groups in total. The van der Waals surface area contributed by atoms with Gasteiger partial charge >= 0.3 is 0 Å². The number of para-hydroxylation sites is 1. The molecule has 0 aromatic heterocycles. The number of rotatable bonds is 3. The van der Waals surface area contributed by atoms with Gasteiger partial charge in [-0.1, -0.05) is 167 Å². The Hall–Kier alpha value is -6.18. The second kappa shape index (κ2) is 10.7. The largest absolute Gasteiger partial charge is 0.309 e. The molecule has 0 radical (unpaired) electrons. The number of nitrogens with zero attached hydrogens (tertiary/aromatic N) is 1. The van der Waals surface area contributed by atoms with Gasteiger partial charge < -0.3 is 4.90 Å². The fourth-order valence-electron chi connectivity index (χ4n) is 10.2. The highest BCUT2D eigenvalue weighted by Crippen LogP contribution is 2.59. The molecule has 0 saturated carbocycles. The van der Waals surface area contributed by atoms with E-state index in [-0.39, 0.29) is 10.8 Å². The lowest BCUT2D eigenvalue weighted by molar-refractivity contribution is 0.666. The summed E-state index contributed by atoms with van der Waals surface area (Å²) < 4.78 is 0. The molecule has 1 heteroatoms. The van der Waals surface area contributed by atoms with Crippen molar-refractivity contribution in [3.8, 4) is 22.3 Å². The first-order valence-electron chi connectivity index (χ1n) is 18.9. The third-order valence-corrected chi connectivity index (χ3v) is 12.5. The summed E-state index contributed by atoms with van der Waals surface area (Å²) in [5.41, 5.74) is 14.3. The van der Waals surface area contributed by atoms with Crippen LogP contribution in [-0.2, 0) is 10.8 Å².